The van der Waals surface area contributed by atoms with Crippen LogP contribution in [-0.2, 0) is 29.1 Å². The molecule has 15 nitrogen and oxygen atoms in total. The molecule has 16 heteroatoms. The maximum absolute atomic E-state index is 14.7. The van der Waals surface area contributed by atoms with E-state index in [1.807, 2.05) is 37.3 Å². The predicted octanol–water partition coefficient (Wildman–Crippen LogP) is 4.67. The molecule has 3 saturated carbocycles. The molecule has 1 aromatic carbocycles. The van der Waals surface area contributed by atoms with Gasteiger partial charge in [0.2, 0.25) is 27.7 Å². The molecule has 5 bridgehead atoms. The van der Waals surface area contributed by atoms with E-state index < -0.39 is 68.7 Å². The highest BCUT2D eigenvalue weighted by Gasteiger charge is 2.62. The smallest absolute Gasteiger partial charge is 0.408 e. The van der Waals surface area contributed by atoms with Crippen LogP contribution in [0.1, 0.15) is 96.0 Å². The van der Waals surface area contributed by atoms with Crippen molar-refractivity contribution in [3.8, 4) is 17.4 Å². The zero-order valence-electron chi connectivity index (χ0n) is 33.1. The van der Waals surface area contributed by atoms with Gasteiger partial charge in [0.1, 0.15) is 41.3 Å². The Morgan fingerprint density at radius 1 is 1.03 bits per heavy atom. The first kappa shape index (κ1) is 39.9. The van der Waals surface area contributed by atoms with E-state index >= 15 is 0 Å². The number of fused-ring (bicyclic) bond motifs is 5. The number of nitrogens with one attached hydrogen (secondary N) is 3. The molecule has 4 heterocycles. The third kappa shape index (κ3) is 8.34. The first-order valence-corrected chi connectivity index (χ1v) is 22.3. The summed E-state index contributed by atoms with van der Waals surface area (Å²) in [7, 11) is -2.31. The van der Waals surface area contributed by atoms with Crippen LogP contribution in [0.5, 0.6) is 17.4 Å². The Labute approximate surface area is 338 Å². The van der Waals surface area contributed by atoms with Crippen molar-refractivity contribution >= 4 is 50.8 Å². The van der Waals surface area contributed by atoms with E-state index in [0.717, 1.165) is 31.2 Å². The van der Waals surface area contributed by atoms with E-state index in [2.05, 4.69) is 21.4 Å². The normalized spacial score (nSPS) is 31.5. The molecule has 1 aromatic heterocycles. The minimum Gasteiger partial charge on any atom is -0.496 e. The van der Waals surface area contributed by atoms with Crippen LogP contribution in [0.2, 0.25) is 0 Å². The monoisotopic (exact) mass is 819 g/mol. The van der Waals surface area contributed by atoms with Gasteiger partial charge in [-0.15, -0.1) is 0 Å². The van der Waals surface area contributed by atoms with Gasteiger partial charge in [0, 0.05) is 35.4 Å². The molecular weight excluding hydrogens is 767 g/mol. The lowest BCUT2D eigenvalue weighted by Crippen LogP contribution is -2.58. The molecule has 0 radical (unpaired) electrons. The molecule has 4 amide bonds. The molecule has 7 atom stereocenters. The van der Waals surface area contributed by atoms with E-state index in [4.69, 9.17) is 23.9 Å². The second-order valence-electron chi connectivity index (χ2n) is 16.5. The molecule has 0 spiro atoms. The van der Waals surface area contributed by atoms with Crippen molar-refractivity contribution < 1.29 is 46.5 Å². The Morgan fingerprint density at radius 2 is 1.88 bits per heavy atom. The van der Waals surface area contributed by atoms with Crippen molar-refractivity contribution in [2.24, 2.45) is 11.8 Å². The van der Waals surface area contributed by atoms with Crippen LogP contribution in [0.3, 0.4) is 0 Å². The van der Waals surface area contributed by atoms with Gasteiger partial charge in [0.25, 0.3) is 5.91 Å². The summed E-state index contributed by atoms with van der Waals surface area (Å²) in [6.07, 6.45) is 13.8. The Morgan fingerprint density at radius 3 is 2.67 bits per heavy atom. The third-order valence-corrected chi connectivity index (χ3v) is 14.2. The number of hydrogen-bond acceptors (Lipinski definition) is 11. The molecule has 3 aliphatic heterocycles. The first-order valence-electron chi connectivity index (χ1n) is 20.8. The van der Waals surface area contributed by atoms with Crippen molar-refractivity contribution in [3.05, 3.63) is 42.0 Å². The number of amides is 4. The molecule has 312 valence electrons. The second kappa shape index (κ2) is 16.4. The fourth-order valence-electron chi connectivity index (χ4n) is 8.98. The number of benzene rings is 1. The number of allylic oxidation sites excluding steroid dienone is 2. The number of sulfonamides is 1. The second-order valence-corrected chi connectivity index (χ2v) is 18.4. The highest BCUT2D eigenvalue weighted by molar-refractivity contribution is 7.91. The van der Waals surface area contributed by atoms with Crippen molar-refractivity contribution in [2.45, 2.75) is 125 Å². The summed E-state index contributed by atoms with van der Waals surface area (Å²) in [6.45, 7) is 2.20. The number of aromatic nitrogens is 1. The van der Waals surface area contributed by atoms with Crippen molar-refractivity contribution in [1.82, 2.24) is 25.2 Å². The molecule has 58 heavy (non-hydrogen) atoms. The molecule has 2 aromatic rings. The number of methoxy groups -OCH3 is 1. The Balaban J connectivity index is 1.18. The summed E-state index contributed by atoms with van der Waals surface area (Å²) >= 11 is 0. The van der Waals surface area contributed by atoms with E-state index in [-0.39, 0.29) is 31.4 Å². The van der Waals surface area contributed by atoms with Crippen molar-refractivity contribution in [1.29, 1.82) is 0 Å². The minimum atomic E-state index is -3.90. The minimum absolute atomic E-state index is 0.00979. The van der Waals surface area contributed by atoms with Gasteiger partial charge in [-0.25, -0.2) is 18.2 Å². The number of pyridine rings is 1. The van der Waals surface area contributed by atoms with Crippen LogP contribution in [0.15, 0.2) is 36.4 Å². The molecule has 3 aliphatic carbocycles. The Kier molecular flexibility index (Phi) is 11.3. The van der Waals surface area contributed by atoms with E-state index in [1.54, 1.807) is 13.2 Å². The predicted molar refractivity (Wildman–Crippen MR) is 213 cm³/mol. The summed E-state index contributed by atoms with van der Waals surface area (Å²) in [6, 6.07) is 3.35. The summed E-state index contributed by atoms with van der Waals surface area (Å²) in [5.41, 5.74) is -0.150. The zero-order valence-corrected chi connectivity index (χ0v) is 33.9. The lowest BCUT2D eigenvalue weighted by molar-refractivity contribution is -0.141. The van der Waals surface area contributed by atoms with Gasteiger partial charge in [-0.2, -0.15) is 0 Å². The van der Waals surface area contributed by atoms with Gasteiger partial charge in [-0.1, -0.05) is 37.1 Å². The molecule has 8 rings (SSSR count). The van der Waals surface area contributed by atoms with E-state index in [0.29, 0.717) is 79.8 Å². The average Bonchev–Trinajstić information content (AvgIpc) is 4.08. The van der Waals surface area contributed by atoms with Crippen LogP contribution in [0.25, 0.3) is 17.0 Å². The number of carbonyl (C=O) groups excluding carboxylic acids is 4. The van der Waals surface area contributed by atoms with E-state index in [9.17, 15) is 27.6 Å². The zero-order chi connectivity index (χ0) is 40.6. The molecule has 1 unspecified atom stereocenters. The molecule has 1 saturated heterocycles. The molecular formula is C42H53N5O10S. The standard InChI is InChI=1S/C42H53N5O10S/c1-3-55-37-22-36-30-19-26(35(54-2)21-32(30)43-37)13-9-11-25-12-10-16-34(25)57-41(51)44-31-15-8-6-4-5-7-14-27-23-42(27,40(50)46-58(52,53)29-17-18-29)45-38(48)33-20-28(56-36)24-47(33)39(31)49/h7,9,13-14,19,21-22,25,27-29,31,33-34H,3-6,8,10-12,15-18,20,23-24H2,1-2H3,(H,44,51)(H,45,48)(H,46,50)/b13-9+,14-7-/t25-,27?,28-,31+,33+,34-,42-/m1/s1. The van der Waals surface area contributed by atoms with Crippen LogP contribution in [0, 0.1) is 11.8 Å². The quantitative estimate of drug-likeness (QED) is 0.343. The molecule has 3 N–H and O–H groups in total. The lowest BCUT2D eigenvalue weighted by Gasteiger charge is -2.30. The maximum atomic E-state index is 14.7. The van der Waals surface area contributed by atoms with Crippen LogP contribution in [0.4, 0.5) is 4.79 Å². The van der Waals surface area contributed by atoms with E-state index in [1.165, 1.54) is 4.90 Å². The average molecular weight is 820 g/mol. The number of carbonyl (C=O) groups is 4. The van der Waals surface area contributed by atoms with Crippen LogP contribution >= 0.6 is 0 Å². The van der Waals surface area contributed by atoms with Gasteiger partial charge in [0.15, 0.2) is 0 Å². The Hall–Kier alpha value is -4.86. The van der Waals surface area contributed by atoms with Crippen LogP contribution < -0.4 is 29.6 Å². The fraction of sp³-hybridized carbons (Fsp3) is 0.595. The Bertz CT molecular complexity index is 2120. The third-order valence-electron chi connectivity index (χ3n) is 12.4. The van der Waals surface area contributed by atoms with Crippen molar-refractivity contribution in [2.75, 3.05) is 20.3 Å². The highest BCUT2D eigenvalue weighted by atomic mass is 32.2. The molecule has 6 aliphatic rings. The number of alkyl carbamates (subject to hydrolysis) is 1. The topological polar surface area (TPSA) is 192 Å². The van der Waals surface area contributed by atoms with Crippen LogP contribution in [-0.4, -0.2) is 97.5 Å². The summed E-state index contributed by atoms with van der Waals surface area (Å²) in [5.74, 6) is -0.844. The fourth-order valence-corrected chi connectivity index (χ4v) is 10.3. The number of ether oxygens (including phenoxy) is 4. The van der Waals surface area contributed by atoms with Gasteiger partial charge in [-0.3, -0.25) is 19.1 Å². The van der Waals surface area contributed by atoms with Gasteiger partial charge in [0.05, 0.1) is 31.0 Å². The number of hydrogen-bond donors (Lipinski definition) is 3. The maximum Gasteiger partial charge on any atom is 0.408 e. The molecule has 4 fully saturated rings. The van der Waals surface area contributed by atoms with Gasteiger partial charge >= 0.3 is 6.09 Å². The SMILES string of the molecule is CCOc1cc2c3cc(c(OC)cc3n1)/C=C/C[C@@H]1CCC[C@H]1OC(=O)N[C@H]1CCCCC/C=C\C3C[C@@]3(C(=O)NS(=O)(=O)C3CC3)NC(=O)[C@@H]3C[C@H](CN3C1=O)O2. The van der Waals surface area contributed by atoms with Crippen molar-refractivity contribution in [3.63, 3.8) is 0 Å². The lowest BCUT2D eigenvalue weighted by atomic mass is 10.00. The van der Waals surface area contributed by atoms with Gasteiger partial charge in [-0.05, 0) is 83.1 Å². The summed E-state index contributed by atoms with van der Waals surface area (Å²) in [5, 5.41) is 5.84. The summed E-state index contributed by atoms with van der Waals surface area (Å²) in [4.78, 5) is 62.9. The van der Waals surface area contributed by atoms with Gasteiger partial charge < -0.3 is 34.5 Å². The number of rotatable bonds is 6. The summed E-state index contributed by atoms with van der Waals surface area (Å²) < 4.78 is 52.4. The highest BCUT2D eigenvalue weighted by Crippen LogP contribution is 2.46. The number of nitrogens with zero attached hydrogens (tertiary/aromatic N) is 2. The first-order chi connectivity index (χ1) is 28.0. The largest absolute Gasteiger partial charge is 0.496 e.